The van der Waals surface area contributed by atoms with E-state index in [1.807, 2.05) is 17.9 Å². The molecule has 5 heteroatoms. The molecule has 0 bridgehead atoms. The fourth-order valence-corrected chi connectivity index (χ4v) is 2.84. The van der Waals surface area contributed by atoms with Gasteiger partial charge in [-0.15, -0.1) is 0 Å². The largest absolute Gasteiger partial charge is 0.381 e. The second-order valence-electron chi connectivity index (χ2n) is 4.83. The maximum absolute atomic E-state index is 6.09. The monoisotopic (exact) mass is 237 g/mol. The number of nitrogens with one attached hydrogen (secondary N) is 1. The molecule has 1 N–H and O–H groups in total. The molecule has 2 aliphatic rings. The average Bonchev–Trinajstić information content (AvgIpc) is 2.77. The van der Waals surface area contributed by atoms with Gasteiger partial charge in [-0.1, -0.05) is 0 Å². The van der Waals surface area contributed by atoms with Crippen LogP contribution >= 0.6 is 0 Å². The maximum Gasteiger partial charge on any atom is 0.0936 e. The molecule has 2 aliphatic heterocycles. The Labute approximate surface area is 101 Å². The highest BCUT2D eigenvalue weighted by atomic mass is 16.5. The minimum atomic E-state index is -0.120. The van der Waals surface area contributed by atoms with Crippen molar-refractivity contribution in [3.8, 4) is 0 Å². The van der Waals surface area contributed by atoms with E-state index in [1.54, 1.807) is 0 Å². The van der Waals surface area contributed by atoms with Gasteiger partial charge in [0.05, 0.1) is 23.9 Å². The third-order valence-electron chi connectivity index (χ3n) is 3.74. The van der Waals surface area contributed by atoms with E-state index in [9.17, 15) is 0 Å². The third-order valence-corrected chi connectivity index (χ3v) is 3.74. The molecule has 2 saturated heterocycles. The molecule has 1 aromatic rings. The first kappa shape index (κ1) is 11.2. The molecule has 2 fully saturated rings. The molecule has 0 aromatic carbocycles. The van der Waals surface area contributed by atoms with Crippen LogP contribution in [0.1, 0.15) is 24.6 Å². The van der Waals surface area contributed by atoms with Crippen molar-refractivity contribution in [2.45, 2.75) is 24.5 Å². The molecule has 0 aliphatic carbocycles. The first-order chi connectivity index (χ1) is 8.30. The minimum absolute atomic E-state index is 0.120. The first-order valence-corrected chi connectivity index (χ1v) is 6.25. The Balaban J connectivity index is 1.89. The van der Waals surface area contributed by atoms with Crippen molar-refractivity contribution in [3.63, 3.8) is 0 Å². The normalized spacial score (nSPS) is 28.4. The van der Waals surface area contributed by atoms with Gasteiger partial charge in [-0.2, -0.15) is 5.10 Å². The lowest BCUT2D eigenvalue weighted by molar-refractivity contribution is -0.150. The highest BCUT2D eigenvalue weighted by Gasteiger charge is 2.45. The van der Waals surface area contributed by atoms with E-state index in [0.29, 0.717) is 0 Å². The molecule has 3 rings (SSSR count). The molecule has 0 saturated carbocycles. The molecular weight excluding hydrogens is 218 g/mol. The second-order valence-corrected chi connectivity index (χ2v) is 4.83. The van der Waals surface area contributed by atoms with Gasteiger partial charge in [0.2, 0.25) is 0 Å². The van der Waals surface area contributed by atoms with Gasteiger partial charge in [0.15, 0.2) is 0 Å². The van der Waals surface area contributed by atoms with E-state index in [4.69, 9.17) is 9.47 Å². The maximum atomic E-state index is 6.09. The molecule has 1 unspecified atom stereocenters. The quantitative estimate of drug-likeness (QED) is 0.778. The zero-order valence-electron chi connectivity index (χ0n) is 10.2. The average molecular weight is 237 g/mol. The van der Waals surface area contributed by atoms with E-state index >= 15 is 0 Å². The lowest BCUT2D eigenvalue weighted by Gasteiger charge is -2.46. The van der Waals surface area contributed by atoms with Crippen LogP contribution in [0.4, 0.5) is 0 Å². The molecule has 94 valence electrons. The van der Waals surface area contributed by atoms with Gasteiger partial charge in [-0.3, -0.25) is 4.68 Å². The Bertz CT molecular complexity index is 377. The summed E-state index contributed by atoms with van der Waals surface area (Å²) in [5.41, 5.74) is 0.958. The van der Waals surface area contributed by atoms with Crippen molar-refractivity contribution in [2.75, 3.05) is 26.4 Å². The van der Waals surface area contributed by atoms with Gasteiger partial charge in [0, 0.05) is 45.8 Å². The van der Waals surface area contributed by atoms with Gasteiger partial charge in [-0.25, -0.2) is 0 Å². The van der Waals surface area contributed by atoms with Crippen LogP contribution in [0.15, 0.2) is 12.3 Å². The van der Waals surface area contributed by atoms with Crippen LogP contribution < -0.4 is 5.32 Å². The van der Waals surface area contributed by atoms with Crippen LogP contribution in [0.5, 0.6) is 0 Å². The standard InChI is InChI=1S/C12H19N3O2/c1-15-6-2-10(14-15)11-12(17-9-5-13-11)3-7-16-8-4-12/h2,6,11,13H,3-5,7-9H2,1H3. The fourth-order valence-electron chi connectivity index (χ4n) is 2.84. The Kier molecular flexibility index (Phi) is 2.90. The van der Waals surface area contributed by atoms with E-state index in [2.05, 4.69) is 16.5 Å². The number of hydrogen-bond donors (Lipinski definition) is 1. The first-order valence-electron chi connectivity index (χ1n) is 6.25. The summed E-state index contributed by atoms with van der Waals surface area (Å²) < 4.78 is 13.4. The molecule has 5 nitrogen and oxygen atoms in total. The van der Waals surface area contributed by atoms with Crippen molar-refractivity contribution in [1.29, 1.82) is 0 Å². The second kappa shape index (κ2) is 4.40. The number of hydrogen-bond acceptors (Lipinski definition) is 4. The van der Waals surface area contributed by atoms with E-state index < -0.39 is 0 Å². The van der Waals surface area contributed by atoms with Crippen LogP contribution in [0, 0.1) is 0 Å². The van der Waals surface area contributed by atoms with E-state index in [1.165, 1.54) is 0 Å². The molecule has 17 heavy (non-hydrogen) atoms. The van der Waals surface area contributed by atoms with Crippen molar-refractivity contribution in [3.05, 3.63) is 18.0 Å². The predicted molar refractivity (Wildman–Crippen MR) is 62.7 cm³/mol. The summed E-state index contributed by atoms with van der Waals surface area (Å²) in [6.07, 6.45) is 3.88. The smallest absolute Gasteiger partial charge is 0.0936 e. The van der Waals surface area contributed by atoms with Gasteiger partial charge in [0.25, 0.3) is 0 Å². The minimum Gasteiger partial charge on any atom is -0.381 e. The van der Waals surface area contributed by atoms with E-state index in [0.717, 1.165) is 44.9 Å². The zero-order valence-corrected chi connectivity index (χ0v) is 10.2. The highest BCUT2D eigenvalue weighted by Crippen LogP contribution is 2.38. The van der Waals surface area contributed by atoms with Gasteiger partial charge >= 0.3 is 0 Å². The summed E-state index contributed by atoms with van der Waals surface area (Å²) in [5, 5.41) is 8.07. The Morgan fingerprint density at radius 3 is 2.94 bits per heavy atom. The highest BCUT2D eigenvalue weighted by molar-refractivity contribution is 5.14. The van der Waals surface area contributed by atoms with Crippen LogP contribution in [-0.4, -0.2) is 41.7 Å². The lowest BCUT2D eigenvalue weighted by Crippen LogP contribution is -2.55. The molecule has 0 amide bonds. The number of ether oxygens (including phenoxy) is 2. The van der Waals surface area contributed by atoms with Gasteiger partial charge in [0.1, 0.15) is 0 Å². The fraction of sp³-hybridized carbons (Fsp3) is 0.750. The van der Waals surface area contributed by atoms with Gasteiger partial charge in [-0.05, 0) is 6.07 Å². The number of rotatable bonds is 1. The number of nitrogens with zero attached hydrogens (tertiary/aromatic N) is 2. The number of aromatic nitrogens is 2. The van der Waals surface area contributed by atoms with Crippen molar-refractivity contribution >= 4 is 0 Å². The lowest BCUT2D eigenvalue weighted by atomic mass is 9.83. The summed E-state index contributed by atoms with van der Waals surface area (Å²) in [4.78, 5) is 0. The predicted octanol–water partition coefficient (Wildman–Crippen LogP) is 0.630. The van der Waals surface area contributed by atoms with E-state index in [-0.39, 0.29) is 11.6 Å². The van der Waals surface area contributed by atoms with Crippen molar-refractivity contribution < 1.29 is 9.47 Å². The van der Waals surface area contributed by atoms with Crippen molar-refractivity contribution in [2.24, 2.45) is 7.05 Å². The molecule has 3 heterocycles. The molecule has 0 radical (unpaired) electrons. The Hall–Kier alpha value is -0.910. The summed E-state index contributed by atoms with van der Waals surface area (Å²) >= 11 is 0. The Morgan fingerprint density at radius 1 is 1.41 bits per heavy atom. The third kappa shape index (κ3) is 1.99. The summed E-state index contributed by atoms with van der Waals surface area (Å²) in [6.45, 7) is 3.24. The number of morpholine rings is 1. The van der Waals surface area contributed by atoms with Crippen LogP contribution in [-0.2, 0) is 16.5 Å². The Morgan fingerprint density at radius 2 is 2.24 bits per heavy atom. The summed E-state index contributed by atoms with van der Waals surface area (Å²) in [6, 6.07) is 2.27. The molecular formula is C12H19N3O2. The topological polar surface area (TPSA) is 48.3 Å². The number of aryl methyl sites for hydroxylation is 1. The summed E-state index contributed by atoms with van der Waals surface area (Å²) in [5.74, 6) is 0. The van der Waals surface area contributed by atoms with Gasteiger partial charge < -0.3 is 14.8 Å². The van der Waals surface area contributed by atoms with Crippen LogP contribution in [0.25, 0.3) is 0 Å². The zero-order chi connectivity index (χ0) is 11.7. The summed E-state index contributed by atoms with van der Waals surface area (Å²) in [7, 11) is 1.95. The molecule has 1 atom stereocenters. The van der Waals surface area contributed by atoms with Crippen LogP contribution in [0.3, 0.4) is 0 Å². The SMILES string of the molecule is Cn1ccc(C2NCCOC23CCOCC3)n1. The van der Waals surface area contributed by atoms with Crippen LogP contribution in [0.2, 0.25) is 0 Å². The van der Waals surface area contributed by atoms with Crippen molar-refractivity contribution in [1.82, 2.24) is 15.1 Å². The molecule has 1 spiro atoms. The molecule has 1 aromatic heterocycles.